The molecule has 0 bridgehead atoms. The van der Waals surface area contributed by atoms with Gasteiger partial charge in [0.2, 0.25) is 5.91 Å². The Morgan fingerprint density at radius 2 is 1.05 bits per heavy atom. The van der Waals surface area contributed by atoms with Crippen molar-refractivity contribution in [2.24, 2.45) is 11.8 Å². The van der Waals surface area contributed by atoms with Crippen molar-refractivity contribution in [2.45, 2.75) is 252 Å². The summed E-state index contributed by atoms with van der Waals surface area (Å²) in [5, 5.41) is 9.94. The molecule has 348 valence electrons. The van der Waals surface area contributed by atoms with Gasteiger partial charge in [-0.2, -0.15) is 0 Å². The average Bonchev–Trinajstić information content (AvgIpc) is 3.66. The number of aliphatic hydroxyl groups is 1. The maximum atomic E-state index is 13.4. The van der Waals surface area contributed by atoms with Crippen molar-refractivity contribution < 1.29 is 29.0 Å². The van der Waals surface area contributed by atoms with Crippen LogP contribution in [0.2, 0.25) is 0 Å². The third-order valence-electron chi connectivity index (χ3n) is 12.7. The lowest BCUT2D eigenvalue weighted by atomic mass is 9.94. The number of carbonyl (C=O) groups excluding carboxylic acids is 3. The van der Waals surface area contributed by atoms with Gasteiger partial charge in [-0.25, -0.2) is 0 Å². The summed E-state index contributed by atoms with van der Waals surface area (Å²) in [6.45, 7) is 13.7. The summed E-state index contributed by atoms with van der Waals surface area (Å²) in [7, 11) is 0. The first-order chi connectivity index (χ1) is 28.8. The molecule has 8 heteroatoms. The molecule has 8 nitrogen and oxygen atoms in total. The Morgan fingerprint density at radius 1 is 0.576 bits per heavy atom. The van der Waals surface area contributed by atoms with E-state index in [0.29, 0.717) is 51.6 Å². The topological polar surface area (TPSA) is 96.4 Å². The second kappa shape index (κ2) is 40.4. The monoisotopic (exact) mass is 835 g/mol. The molecule has 1 amide bonds. The number of nitrogens with zero attached hydrogens (tertiary/aromatic N) is 2. The molecular weight excluding hydrogens is 737 g/mol. The number of hydrogen-bond donors (Lipinski definition) is 1. The first-order valence-electron chi connectivity index (χ1n) is 25.8. The number of amides is 1. The lowest BCUT2D eigenvalue weighted by Crippen LogP contribution is -2.35. The van der Waals surface area contributed by atoms with Crippen molar-refractivity contribution in [3.8, 4) is 0 Å². The number of esters is 2. The van der Waals surface area contributed by atoms with Gasteiger partial charge in [-0.1, -0.05) is 169 Å². The highest BCUT2D eigenvalue weighted by molar-refractivity contribution is 5.76. The standard InChI is InChI=1S/C51H98N2O6/c1-5-9-13-17-19-25-33-46(32-24-15-11-7-3)45-59-50(56)36-28-23-30-40-53(49(55)38-42-52-41-37-48(54)44-52)39-29-21-22-31-43-58-51(57)47(34-26-16-12-8-4)35-27-20-18-14-10-6-2/h46-48,54H,5-45H2,1-4H3. The molecule has 1 heterocycles. The quantitative estimate of drug-likeness (QED) is 0.0483. The summed E-state index contributed by atoms with van der Waals surface area (Å²) < 4.78 is 11.7. The summed E-state index contributed by atoms with van der Waals surface area (Å²) in [6, 6.07) is 0. The van der Waals surface area contributed by atoms with E-state index in [-0.39, 0.29) is 29.9 Å². The van der Waals surface area contributed by atoms with Crippen LogP contribution in [0.4, 0.5) is 0 Å². The summed E-state index contributed by atoms with van der Waals surface area (Å²) in [5.41, 5.74) is 0. The Labute approximate surface area is 365 Å². The lowest BCUT2D eigenvalue weighted by molar-refractivity contribution is -0.149. The van der Waals surface area contributed by atoms with E-state index in [1.807, 2.05) is 4.90 Å². The minimum atomic E-state index is -0.277. The fourth-order valence-electron chi connectivity index (χ4n) is 8.62. The fraction of sp³-hybridized carbons (Fsp3) is 0.941. The van der Waals surface area contributed by atoms with Gasteiger partial charge >= 0.3 is 11.9 Å². The van der Waals surface area contributed by atoms with E-state index in [2.05, 4.69) is 32.6 Å². The largest absolute Gasteiger partial charge is 0.465 e. The second-order valence-corrected chi connectivity index (χ2v) is 18.3. The first kappa shape index (κ1) is 55.3. The third-order valence-corrected chi connectivity index (χ3v) is 12.7. The predicted octanol–water partition coefficient (Wildman–Crippen LogP) is 13.2. The molecule has 3 unspecified atom stereocenters. The van der Waals surface area contributed by atoms with Gasteiger partial charge in [-0.05, 0) is 70.1 Å². The van der Waals surface area contributed by atoms with Crippen molar-refractivity contribution in [1.29, 1.82) is 0 Å². The van der Waals surface area contributed by atoms with E-state index in [1.165, 1.54) is 122 Å². The average molecular weight is 835 g/mol. The van der Waals surface area contributed by atoms with Gasteiger partial charge in [-0.15, -0.1) is 0 Å². The highest BCUT2D eigenvalue weighted by Gasteiger charge is 2.22. The van der Waals surface area contributed by atoms with Gasteiger partial charge in [0.25, 0.3) is 0 Å². The van der Waals surface area contributed by atoms with Crippen LogP contribution in [0.25, 0.3) is 0 Å². The number of β-amino-alcohol motifs (C(OH)–C–C–N with tert-alkyl or cyclic N) is 1. The van der Waals surface area contributed by atoms with E-state index in [1.54, 1.807) is 0 Å². The zero-order valence-electron chi connectivity index (χ0n) is 39.6. The summed E-state index contributed by atoms with van der Waals surface area (Å²) in [4.78, 5) is 43.4. The van der Waals surface area contributed by atoms with E-state index >= 15 is 0 Å². The number of carbonyl (C=O) groups is 3. The molecule has 0 aromatic rings. The molecule has 0 aromatic heterocycles. The minimum Gasteiger partial charge on any atom is -0.465 e. The molecular formula is C51H98N2O6. The van der Waals surface area contributed by atoms with E-state index in [9.17, 15) is 19.5 Å². The van der Waals surface area contributed by atoms with E-state index in [0.717, 1.165) is 96.6 Å². The smallest absolute Gasteiger partial charge is 0.308 e. The maximum Gasteiger partial charge on any atom is 0.308 e. The summed E-state index contributed by atoms with van der Waals surface area (Å²) >= 11 is 0. The van der Waals surface area contributed by atoms with E-state index < -0.39 is 0 Å². The van der Waals surface area contributed by atoms with Gasteiger partial charge in [0.1, 0.15) is 0 Å². The summed E-state index contributed by atoms with van der Waals surface area (Å²) in [6.07, 6.45) is 37.1. The number of likely N-dealkylation sites (tertiary alicyclic amines) is 1. The van der Waals surface area contributed by atoms with Gasteiger partial charge in [0, 0.05) is 45.6 Å². The number of unbranched alkanes of at least 4 members (excludes halogenated alkanes) is 21. The molecule has 0 saturated carbocycles. The first-order valence-corrected chi connectivity index (χ1v) is 25.8. The van der Waals surface area contributed by atoms with Crippen LogP contribution in [0.5, 0.6) is 0 Å². The van der Waals surface area contributed by atoms with Crippen LogP contribution in [0.1, 0.15) is 246 Å². The Bertz CT molecular complexity index is 978. The molecule has 1 aliphatic rings. The molecule has 59 heavy (non-hydrogen) atoms. The van der Waals surface area contributed by atoms with Crippen molar-refractivity contribution >= 4 is 17.8 Å². The van der Waals surface area contributed by atoms with Crippen molar-refractivity contribution in [3.05, 3.63) is 0 Å². The van der Waals surface area contributed by atoms with Crippen LogP contribution >= 0.6 is 0 Å². The van der Waals surface area contributed by atoms with Crippen LogP contribution in [0.3, 0.4) is 0 Å². The molecule has 1 saturated heterocycles. The molecule has 3 atom stereocenters. The normalized spacial score (nSPS) is 15.4. The van der Waals surface area contributed by atoms with Crippen LogP contribution in [0, 0.1) is 11.8 Å². The molecule has 1 fully saturated rings. The highest BCUT2D eigenvalue weighted by Crippen LogP contribution is 2.22. The molecule has 0 spiro atoms. The van der Waals surface area contributed by atoms with Gasteiger partial charge in [0.15, 0.2) is 0 Å². The fourth-order valence-corrected chi connectivity index (χ4v) is 8.62. The maximum absolute atomic E-state index is 13.4. The molecule has 0 aliphatic carbocycles. The number of aliphatic hydroxyl groups excluding tert-OH is 1. The Hall–Kier alpha value is -1.67. The molecule has 0 radical (unpaired) electrons. The predicted molar refractivity (Wildman–Crippen MR) is 248 cm³/mol. The van der Waals surface area contributed by atoms with Gasteiger partial charge in [-0.3, -0.25) is 14.4 Å². The lowest BCUT2D eigenvalue weighted by Gasteiger charge is -2.24. The number of hydrogen-bond acceptors (Lipinski definition) is 7. The SMILES string of the molecule is CCCCCCCCC(CCCCCC)COC(=O)CCCCCN(CCCCCCOC(=O)C(CCCCCC)CCCCCCCC)C(=O)CCN1CCC(O)C1. The van der Waals surface area contributed by atoms with Crippen LogP contribution in [-0.4, -0.2) is 84.8 Å². The van der Waals surface area contributed by atoms with Crippen LogP contribution < -0.4 is 0 Å². The van der Waals surface area contributed by atoms with Crippen LogP contribution in [0.15, 0.2) is 0 Å². The molecule has 1 aliphatic heterocycles. The zero-order chi connectivity index (χ0) is 43.0. The highest BCUT2D eigenvalue weighted by atomic mass is 16.5. The number of rotatable bonds is 43. The second-order valence-electron chi connectivity index (χ2n) is 18.3. The van der Waals surface area contributed by atoms with Crippen molar-refractivity contribution in [3.63, 3.8) is 0 Å². The molecule has 1 N–H and O–H groups in total. The van der Waals surface area contributed by atoms with Gasteiger partial charge < -0.3 is 24.4 Å². The Kier molecular flexibility index (Phi) is 37.9. The minimum absolute atomic E-state index is 0.0103. The van der Waals surface area contributed by atoms with Crippen molar-refractivity contribution in [1.82, 2.24) is 9.80 Å². The van der Waals surface area contributed by atoms with Crippen LogP contribution in [-0.2, 0) is 23.9 Å². The summed E-state index contributed by atoms with van der Waals surface area (Å²) in [5.74, 6) is 0.654. The number of ether oxygens (including phenoxy) is 2. The molecule has 0 aromatic carbocycles. The zero-order valence-corrected chi connectivity index (χ0v) is 39.6. The third kappa shape index (κ3) is 32.7. The van der Waals surface area contributed by atoms with Gasteiger partial charge in [0.05, 0.1) is 25.2 Å². The molecule has 1 rings (SSSR count). The Morgan fingerprint density at radius 3 is 1.59 bits per heavy atom. The van der Waals surface area contributed by atoms with E-state index in [4.69, 9.17) is 9.47 Å². The Balaban J connectivity index is 2.47. The van der Waals surface area contributed by atoms with Crippen molar-refractivity contribution in [2.75, 3.05) is 45.9 Å².